The van der Waals surface area contributed by atoms with Gasteiger partial charge in [0.25, 0.3) is 0 Å². The molecule has 0 radical (unpaired) electrons. The van der Waals surface area contributed by atoms with Crippen molar-refractivity contribution in [2.45, 2.75) is 32.2 Å². The zero-order chi connectivity index (χ0) is 13.1. The highest BCUT2D eigenvalue weighted by Gasteiger charge is 2.22. The van der Waals surface area contributed by atoms with Crippen molar-refractivity contribution in [3.05, 3.63) is 40.4 Å². The number of piperidine rings is 1. The van der Waals surface area contributed by atoms with Crippen LogP contribution in [0.2, 0.25) is 0 Å². The van der Waals surface area contributed by atoms with Crippen LogP contribution >= 0.6 is 11.3 Å². The fourth-order valence-corrected chi connectivity index (χ4v) is 3.48. The zero-order valence-electron chi connectivity index (χ0n) is 11.1. The average Bonchev–Trinajstić information content (AvgIpc) is 2.86. The van der Waals surface area contributed by atoms with E-state index in [-0.39, 0.29) is 0 Å². The first kappa shape index (κ1) is 12.7. The topological polar surface area (TPSA) is 41.9 Å². The predicted octanol–water partition coefficient (Wildman–Crippen LogP) is 2.62. The maximum atomic E-state index is 4.40. The lowest BCUT2D eigenvalue weighted by atomic mass is 9.94. The lowest BCUT2D eigenvalue weighted by molar-refractivity contribution is 0.199. The Bertz CT molecular complexity index is 525. The normalized spacial score (nSPS) is 20.6. The van der Waals surface area contributed by atoms with Crippen molar-refractivity contribution < 1.29 is 0 Å². The van der Waals surface area contributed by atoms with Crippen molar-refractivity contribution in [2.24, 2.45) is 0 Å². The van der Waals surface area contributed by atoms with Gasteiger partial charge in [-0.05, 0) is 32.4 Å². The number of aryl methyl sites for hydroxylation is 1. The number of hydrogen-bond acceptors (Lipinski definition) is 5. The third-order valence-corrected chi connectivity index (χ3v) is 4.66. The van der Waals surface area contributed by atoms with E-state index in [1.165, 1.54) is 35.7 Å². The minimum Gasteiger partial charge on any atom is -0.298 e. The molecule has 4 nitrogen and oxygen atoms in total. The first-order valence-corrected chi connectivity index (χ1v) is 7.58. The van der Waals surface area contributed by atoms with Crippen molar-refractivity contribution in [1.29, 1.82) is 0 Å². The van der Waals surface area contributed by atoms with Gasteiger partial charge in [0.15, 0.2) is 0 Å². The van der Waals surface area contributed by atoms with Crippen LogP contribution in [0.5, 0.6) is 0 Å². The molecule has 0 saturated carbocycles. The highest BCUT2D eigenvalue weighted by molar-refractivity contribution is 7.09. The zero-order valence-corrected chi connectivity index (χ0v) is 11.9. The Morgan fingerprint density at radius 2 is 2.37 bits per heavy atom. The van der Waals surface area contributed by atoms with Gasteiger partial charge in [-0.15, -0.1) is 11.3 Å². The van der Waals surface area contributed by atoms with E-state index in [4.69, 9.17) is 0 Å². The molecular formula is C14H18N4S. The molecule has 1 saturated heterocycles. The molecule has 0 amide bonds. The maximum absolute atomic E-state index is 4.40. The van der Waals surface area contributed by atoms with Gasteiger partial charge in [-0.1, -0.05) is 0 Å². The van der Waals surface area contributed by atoms with E-state index in [2.05, 4.69) is 26.8 Å². The minimum absolute atomic E-state index is 0.546. The highest BCUT2D eigenvalue weighted by Crippen LogP contribution is 2.27. The van der Waals surface area contributed by atoms with Crippen molar-refractivity contribution >= 4 is 11.3 Å². The third-order valence-electron chi connectivity index (χ3n) is 3.74. The Labute approximate surface area is 117 Å². The fourth-order valence-electron chi connectivity index (χ4n) is 2.66. The summed E-state index contributed by atoms with van der Waals surface area (Å²) in [5, 5.41) is 0. The van der Waals surface area contributed by atoms with E-state index in [0.717, 1.165) is 13.1 Å². The average molecular weight is 274 g/mol. The Balaban J connectivity index is 1.67. The Hall–Kier alpha value is -1.33. The Morgan fingerprint density at radius 3 is 3.11 bits per heavy atom. The highest BCUT2D eigenvalue weighted by atomic mass is 32.1. The Morgan fingerprint density at radius 1 is 1.42 bits per heavy atom. The van der Waals surface area contributed by atoms with Gasteiger partial charge in [0, 0.05) is 35.8 Å². The molecule has 0 aliphatic carbocycles. The smallest absolute Gasteiger partial charge is 0.115 e. The quantitative estimate of drug-likeness (QED) is 0.863. The molecular weight excluding hydrogens is 256 g/mol. The summed E-state index contributed by atoms with van der Waals surface area (Å²) in [6.45, 7) is 5.39. The lowest BCUT2D eigenvalue weighted by Crippen LogP contribution is -2.34. The summed E-state index contributed by atoms with van der Waals surface area (Å²) in [5.41, 5.74) is 4.30. The first-order chi connectivity index (χ1) is 9.33. The van der Waals surface area contributed by atoms with Gasteiger partial charge in [-0.2, -0.15) is 0 Å². The number of likely N-dealkylation sites (tertiary alicyclic amines) is 1. The molecule has 5 heteroatoms. The van der Waals surface area contributed by atoms with Gasteiger partial charge in [-0.25, -0.2) is 15.0 Å². The van der Waals surface area contributed by atoms with Crippen molar-refractivity contribution in [3.8, 4) is 0 Å². The molecule has 19 heavy (non-hydrogen) atoms. The SMILES string of the molecule is Cc1ncsc1CN1CCCC(c2ccncn2)C1. The van der Waals surface area contributed by atoms with Crippen LogP contribution in [0.25, 0.3) is 0 Å². The van der Waals surface area contributed by atoms with Crippen LogP contribution in [0.4, 0.5) is 0 Å². The molecule has 0 N–H and O–H groups in total. The van der Waals surface area contributed by atoms with Crippen LogP contribution in [0.15, 0.2) is 24.1 Å². The molecule has 2 aromatic rings. The van der Waals surface area contributed by atoms with Crippen LogP contribution in [-0.2, 0) is 6.54 Å². The van der Waals surface area contributed by atoms with Gasteiger partial charge in [0.2, 0.25) is 0 Å². The second-order valence-corrected chi connectivity index (χ2v) is 6.01. The van der Waals surface area contributed by atoms with Gasteiger partial charge in [0.1, 0.15) is 6.33 Å². The number of nitrogens with zero attached hydrogens (tertiary/aromatic N) is 4. The summed E-state index contributed by atoms with van der Waals surface area (Å²) in [7, 11) is 0. The summed E-state index contributed by atoms with van der Waals surface area (Å²) in [4.78, 5) is 16.7. The van der Waals surface area contributed by atoms with E-state index in [0.29, 0.717) is 5.92 Å². The summed E-state index contributed by atoms with van der Waals surface area (Å²) in [5.74, 6) is 0.546. The van der Waals surface area contributed by atoms with Crippen LogP contribution in [0.3, 0.4) is 0 Å². The monoisotopic (exact) mass is 274 g/mol. The number of aromatic nitrogens is 3. The molecule has 1 atom stereocenters. The van der Waals surface area contributed by atoms with Crippen LogP contribution in [-0.4, -0.2) is 32.9 Å². The van der Waals surface area contributed by atoms with Crippen LogP contribution < -0.4 is 0 Å². The van der Waals surface area contributed by atoms with Gasteiger partial charge < -0.3 is 0 Å². The van der Waals surface area contributed by atoms with Crippen molar-refractivity contribution in [3.63, 3.8) is 0 Å². The Kier molecular flexibility index (Phi) is 3.84. The third kappa shape index (κ3) is 2.98. The van der Waals surface area contributed by atoms with Gasteiger partial charge in [-0.3, -0.25) is 4.90 Å². The van der Waals surface area contributed by atoms with Crippen LogP contribution in [0, 0.1) is 6.92 Å². The van der Waals surface area contributed by atoms with Crippen molar-refractivity contribution in [1.82, 2.24) is 19.9 Å². The predicted molar refractivity (Wildman–Crippen MR) is 76.1 cm³/mol. The lowest BCUT2D eigenvalue weighted by Gasteiger charge is -2.32. The van der Waals surface area contributed by atoms with Crippen molar-refractivity contribution in [2.75, 3.05) is 13.1 Å². The number of rotatable bonds is 3. The molecule has 1 aliphatic rings. The van der Waals surface area contributed by atoms with Crippen LogP contribution in [0.1, 0.15) is 35.0 Å². The van der Waals surface area contributed by atoms with Gasteiger partial charge in [0.05, 0.1) is 11.2 Å². The van der Waals surface area contributed by atoms with E-state index in [9.17, 15) is 0 Å². The second-order valence-electron chi connectivity index (χ2n) is 5.07. The number of thiazole rings is 1. The number of hydrogen-bond donors (Lipinski definition) is 0. The summed E-state index contributed by atoms with van der Waals surface area (Å²) in [6.07, 6.45) is 5.97. The van der Waals surface area contributed by atoms with Gasteiger partial charge >= 0.3 is 0 Å². The van der Waals surface area contributed by atoms with E-state index >= 15 is 0 Å². The summed E-state index contributed by atoms with van der Waals surface area (Å²) < 4.78 is 0. The fraction of sp³-hybridized carbons (Fsp3) is 0.500. The molecule has 0 aromatic carbocycles. The maximum Gasteiger partial charge on any atom is 0.115 e. The van der Waals surface area contributed by atoms with E-state index < -0.39 is 0 Å². The molecule has 1 aliphatic heterocycles. The summed E-state index contributed by atoms with van der Waals surface area (Å²) in [6, 6.07) is 2.05. The molecule has 0 bridgehead atoms. The molecule has 0 spiro atoms. The molecule has 100 valence electrons. The minimum atomic E-state index is 0.546. The second kappa shape index (κ2) is 5.75. The summed E-state index contributed by atoms with van der Waals surface area (Å²) >= 11 is 1.76. The molecule has 3 rings (SSSR count). The molecule has 1 fully saturated rings. The first-order valence-electron chi connectivity index (χ1n) is 6.70. The molecule has 2 aromatic heterocycles. The van der Waals surface area contributed by atoms with E-state index in [1.807, 2.05) is 17.8 Å². The van der Waals surface area contributed by atoms with E-state index in [1.54, 1.807) is 17.7 Å². The largest absolute Gasteiger partial charge is 0.298 e. The molecule has 1 unspecified atom stereocenters. The standard InChI is InChI=1S/C14H18N4S/c1-11-14(19-10-17-11)8-18-6-2-3-12(7-18)13-4-5-15-9-16-13/h4-5,9-10,12H,2-3,6-8H2,1H3. The molecule has 3 heterocycles.